The summed E-state index contributed by atoms with van der Waals surface area (Å²) in [5.41, 5.74) is 0.289. The van der Waals surface area contributed by atoms with E-state index in [1.54, 1.807) is 0 Å². The van der Waals surface area contributed by atoms with Gasteiger partial charge in [0, 0.05) is 5.02 Å². The third-order valence-corrected chi connectivity index (χ3v) is 3.09. The molecule has 1 fully saturated rings. The summed E-state index contributed by atoms with van der Waals surface area (Å²) in [7, 11) is 0. The van der Waals surface area contributed by atoms with E-state index in [1.807, 2.05) is 24.3 Å². The second-order valence-electron chi connectivity index (χ2n) is 4.07. The molecule has 1 aliphatic rings. The Bertz CT molecular complexity index is 382. The smallest absolute Gasteiger partial charge is 0.338 e. The largest absolute Gasteiger partial charge is 0.479 e. The maximum Gasteiger partial charge on any atom is 0.338 e. The van der Waals surface area contributed by atoms with Crippen LogP contribution < -0.4 is 0 Å². The predicted molar refractivity (Wildman–Crippen MR) is 60.7 cm³/mol. The van der Waals surface area contributed by atoms with Gasteiger partial charge in [-0.2, -0.15) is 0 Å². The highest BCUT2D eigenvalue weighted by Crippen LogP contribution is 2.32. The molecule has 1 saturated heterocycles. The van der Waals surface area contributed by atoms with E-state index in [0.717, 1.165) is 17.9 Å². The molecule has 0 aromatic heterocycles. The monoisotopic (exact) mass is 240 g/mol. The fourth-order valence-corrected chi connectivity index (χ4v) is 1.82. The van der Waals surface area contributed by atoms with Crippen LogP contribution in [0.2, 0.25) is 5.02 Å². The van der Waals surface area contributed by atoms with Crippen LogP contribution >= 0.6 is 11.6 Å². The second-order valence-corrected chi connectivity index (χ2v) is 4.50. The van der Waals surface area contributed by atoms with Crippen molar-refractivity contribution >= 4 is 17.6 Å². The second kappa shape index (κ2) is 4.44. The number of aliphatic carboxylic acids is 1. The number of aryl methyl sites for hydroxylation is 1. The average Bonchev–Trinajstić information content (AvgIpc) is 3.02. The van der Waals surface area contributed by atoms with E-state index in [4.69, 9.17) is 21.4 Å². The molecular weight excluding hydrogens is 228 g/mol. The average molecular weight is 241 g/mol. The number of rotatable bonds is 5. The van der Waals surface area contributed by atoms with Gasteiger partial charge in [-0.15, -0.1) is 0 Å². The number of epoxide rings is 1. The number of ether oxygens (including phenoxy) is 1. The van der Waals surface area contributed by atoms with Crippen molar-refractivity contribution in [3.63, 3.8) is 0 Å². The first-order valence-electron chi connectivity index (χ1n) is 5.24. The first-order valence-corrected chi connectivity index (χ1v) is 5.62. The minimum Gasteiger partial charge on any atom is -0.479 e. The Morgan fingerprint density at radius 2 is 2.06 bits per heavy atom. The number of hydrogen-bond acceptors (Lipinski definition) is 2. The molecule has 1 aromatic carbocycles. The summed E-state index contributed by atoms with van der Waals surface area (Å²) in [5, 5.41) is 9.61. The van der Waals surface area contributed by atoms with Crippen LogP contribution in [-0.2, 0) is 16.0 Å². The van der Waals surface area contributed by atoms with E-state index < -0.39 is 11.6 Å². The van der Waals surface area contributed by atoms with E-state index in [0.29, 0.717) is 13.0 Å². The summed E-state index contributed by atoms with van der Waals surface area (Å²) >= 11 is 5.77. The van der Waals surface area contributed by atoms with Gasteiger partial charge < -0.3 is 9.84 Å². The van der Waals surface area contributed by atoms with Gasteiger partial charge in [0.15, 0.2) is 5.60 Å². The summed E-state index contributed by atoms with van der Waals surface area (Å²) in [6.45, 7) is 0.350. The van der Waals surface area contributed by atoms with Crippen LogP contribution in [0, 0.1) is 0 Å². The molecule has 0 amide bonds. The lowest BCUT2D eigenvalue weighted by Gasteiger charge is -2.06. The summed E-state index contributed by atoms with van der Waals surface area (Å²) in [5.74, 6) is -0.844. The lowest BCUT2D eigenvalue weighted by Crippen LogP contribution is -2.23. The zero-order valence-corrected chi connectivity index (χ0v) is 9.54. The predicted octanol–water partition coefficient (Wildman–Crippen LogP) is 2.52. The summed E-state index contributed by atoms with van der Waals surface area (Å²) in [4.78, 5) is 10.8. The fraction of sp³-hybridized carbons (Fsp3) is 0.417. The van der Waals surface area contributed by atoms with Gasteiger partial charge in [-0.3, -0.25) is 0 Å². The van der Waals surface area contributed by atoms with E-state index in [1.165, 1.54) is 5.56 Å². The highest BCUT2D eigenvalue weighted by Gasteiger charge is 2.51. The molecule has 86 valence electrons. The SMILES string of the molecule is O=C(O)C1(CCCc2ccc(Cl)cc2)CO1. The third-order valence-electron chi connectivity index (χ3n) is 2.84. The van der Waals surface area contributed by atoms with Crippen LogP contribution in [0.25, 0.3) is 0 Å². The van der Waals surface area contributed by atoms with Gasteiger partial charge in [0.25, 0.3) is 0 Å². The molecule has 16 heavy (non-hydrogen) atoms. The molecule has 1 aromatic rings. The first-order chi connectivity index (χ1) is 7.62. The Hall–Kier alpha value is -1.06. The Kier molecular flexibility index (Phi) is 3.17. The minimum atomic E-state index is -0.883. The molecule has 2 rings (SSSR count). The van der Waals surface area contributed by atoms with Crippen LogP contribution in [0.3, 0.4) is 0 Å². The molecule has 0 spiro atoms. The number of hydrogen-bond donors (Lipinski definition) is 1. The molecule has 1 aliphatic heterocycles. The van der Waals surface area contributed by atoms with Crippen LogP contribution in [0.1, 0.15) is 18.4 Å². The number of carbonyl (C=O) groups is 1. The molecular formula is C12H13ClO3. The molecule has 1 unspecified atom stereocenters. The molecule has 0 aliphatic carbocycles. The Morgan fingerprint density at radius 1 is 1.44 bits per heavy atom. The van der Waals surface area contributed by atoms with Gasteiger partial charge in [-0.25, -0.2) is 4.79 Å². The maximum absolute atomic E-state index is 10.8. The van der Waals surface area contributed by atoms with Crippen molar-refractivity contribution in [1.29, 1.82) is 0 Å². The van der Waals surface area contributed by atoms with Gasteiger partial charge in [-0.1, -0.05) is 23.7 Å². The standard InChI is InChI=1S/C12H13ClO3/c13-10-5-3-9(4-6-10)2-1-7-12(8-16-12)11(14)15/h3-6H,1-2,7-8H2,(H,14,15). The Morgan fingerprint density at radius 3 is 2.56 bits per heavy atom. The molecule has 3 nitrogen and oxygen atoms in total. The molecule has 0 saturated carbocycles. The highest BCUT2D eigenvalue weighted by molar-refractivity contribution is 6.30. The van der Waals surface area contributed by atoms with E-state index in [9.17, 15) is 4.79 Å². The van der Waals surface area contributed by atoms with Gasteiger partial charge in [0.2, 0.25) is 0 Å². The van der Waals surface area contributed by atoms with Crippen molar-refractivity contribution in [3.05, 3.63) is 34.9 Å². The lowest BCUT2D eigenvalue weighted by atomic mass is 10.0. The van der Waals surface area contributed by atoms with Gasteiger partial charge in [0.1, 0.15) is 0 Å². The van der Waals surface area contributed by atoms with Crippen molar-refractivity contribution < 1.29 is 14.6 Å². The van der Waals surface area contributed by atoms with Crippen LogP contribution in [0.15, 0.2) is 24.3 Å². The Labute approximate surface area is 99.0 Å². The zero-order chi connectivity index (χ0) is 11.6. The van der Waals surface area contributed by atoms with Crippen molar-refractivity contribution in [1.82, 2.24) is 0 Å². The minimum absolute atomic E-state index is 0.350. The van der Waals surface area contributed by atoms with Crippen LogP contribution in [-0.4, -0.2) is 23.3 Å². The number of halogens is 1. The molecule has 1 heterocycles. The Balaban J connectivity index is 1.80. The quantitative estimate of drug-likeness (QED) is 0.805. The lowest BCUT2D eigenvalue weighted by molar-refractivity contribution is -0.143. The van der Waals surface area contributed by atoms with E-state index in [-0.39, 0.29) is 0 Å². The number of benzene rings is 1. The molecule has 0 bridgehead atoms. The number of carboxylic acid groups (broad SMARTS) is 1. The van der Waals surface area contributed by atoms with E-state index >= 15 is 0 Å². The van der Waals surface area contributed by atoms with Crippen molar-refractivity contribution in [2.75, 3.05) is 6.61 Å². The van der Waals surface area contributed by atoms with Crippen molar-refractivity contribution in [3.8, 4) is 0 Å². The highest BCUT2D eigenvalue weighted by atomic mass is 35.5. The normalized spacial score (nSPS) is 23.1. The van der Waals surface area contributed by atoms with Gasteiger partial charge in [-0.05, 0) is 37.0 Å². The van der Waals surface area contributed by atoms with Gasteiger partial charge >= 0.3 is 5.97 Å². The van der Waals surface area contributed by atoms with Crippen molar-refractivity contribution in [2.45, 2.75) is 24.9 Å². The van der Waals surface area contributed by atoms with E-state index in [2.05, 4.69) is 0 Å². The number of carboxylic acids is 1. The topological polar surface area (TPSA) is 49.8 Å². The third kappa shape index (κ3) is 2.54. The molecule has 4 heteroatoms. The van der Waals surface area contributed by atoms with Gasteiger partial charge in [0.05, 0.1) is 6.61 Å². The first kappa shape index (κ1) is 11.4. The summed E-state index contributed by atoms with van der Waals surface area (Å²) < 4.78 is 4.99. The van der Waals surface area contributed by atoms with Crippen LogP contribution in [0.5, 0.6) is 0 Å². The maximum atomic E-state index is 10.8. The molecule has 1 N–H and O–H groups in total. The zero-order valence-electron chi connectivity index (χ0n) is 8.78. The van der Waals surface area contributed by atoms with Crippen LogP contribution in [0.4, 0.5) is 0 Å². The summed E-state index contributed by atoms with van der Waals surface area (Å²) in [6, 6.07) is 7.61. The molecule has 0 radical (unpaired) electrons. The van der Waals surface area contributed by atoms with Crippen molar-refractivity contribution in [2.24, 2.45) is 0 Å². The fourth-order valence-electron chi connectivity index (χ4n) is 1.69. The summed E-state index contributed by atoms with van der Waals surface area (Å²) in [6.07, 6.45) is 2.24. The molecule has 1 atom stereocenters.